The van der Waals surface area contributed by atoms with E-state index in [0.29, 0.717) is 17.1 Å². The molecule has 0 saturated carbocycles. The van der Waals surface area contributed by atoms with E-state index in [1.54, 1.807) is 48.7 Å². The van der Waals surface area contributed by atoms with Crippen LogP contribution in [0.15, 0.2) is 53.5 Å². The average molecular weight is 326 g/mol. The van der Waals surface area contributed by atoms with E-state index in [4.69, 9.17) is 4.74 Å². The third-order valence-electron chi connectivity index (χ3n) is 3.17. The molecule has 0 unspecified atom stereocenters. The SMILES string of the molecule is CC(=O)Nc1ccc(OC(=O)Cn2nc3ccccn3c2=O)cc1. The second-order valence-electron chi connectivity index (χ2n) is 5.05. The first-order chi connectivity index (χ1) is 11.5. The number of esters is 1. The van der Waals surface area contributed by atoms with Crippen LogP contribution in [-0.4, -0.2) is 26.1 Å². The van der Waals surface area contributed by atoms with Crippen LogP contribution >= 0.6 is 0 Å². The molecule has 0 aliphatic rings. The molecule has 24 heavy (non-hydrogen) atoms. The quantitative estimate of drug-likeness (QED) is 0.571. The van der Waals surface area contributed by atoms with Crippen LogP contribution in [0.2, 0.25) is 0 Å². The van der Waals surface area contributed by atoms with Crippen molar-refractivity contribution in [2.45, 2.75) is 13.5 Å². The molecule has 3 rings (SSSR count). The zero-order valence-electron chi connectivity index (χ0n) is 12.8. The molecule has 0 bridgehead atoms. The Hall–Kier alpha value is -3.42. The number of nitrogens with one attached hydrogen (secondary N) is 1. The van der Waals surface area contributed by atoms with E-state index in [2.05, 4.69) is 10.4 Å². The number of rotatable bonds is 4. The highest BCUT2D eigenvalue weighted by molar-refractivity contribution is 5.88. The average Bonchev–Trinajstić information content (AvgIpc) is 2.85. The molecule has 1 N–H and O–H groups in total. The fourth-order valence-corrected chi connectivity index (χ4v) is 2.17. The lowest BCUT2D eigenvalue weighted by Crippen LogP contribution is -2.27. The summed E-state index contributed by atoms with van der Waals surface area (Å²) in [6, 6.07) is 11.5. The predicted molar refractivity (Wildman–Crippen MR) is 85.8 cm³/mol. The van der Waals surface area contributed by atoms with Gasteiger partial charge in [0.1, 0.15) is 12.3 Å². The summed E-state index contributed by atoms with van der Waals surface area (Å²) < 4.78 is 7.56. The Kier molecular flexibility index (Phi) is 4.11. The van der Waals surface area contributed by atoms with Gasteiger partial charge < -0.3 is 10.1 Å². The second-order valence-corrected chi connectivity index (χ2v) is 5.05. The lowest BCUT2D eigenvalue weighted by Gasteiger charge is -2.05. The molecule has 122 valence electrons. The maximum absolute atomic E-state index is 12.1. The van der Waals surface area contributed by atoms with Crippen molar-refractivity contribution < 1.29 is 14.3 Å². The van der Waals surface area contributed by atoms with Gasteiger partial charge in [0.15, 0.2) is 5.65 Å². The van der Waals surface area contributed by atoms with Gasteiger partial charge >= 0.3 is 11.7 Å². The molecule has 2 heterocycles. The van der Waals surface area contributed by atoms with Gasteiger partial charge in [0.25, 0.3) is 0 Å². The minimum absolute atomic E-state index is 0.189. The smallest absolute Gasteiger partial charge is 0.350 e. The Morgan fingerprint density at radius 2 is 1.92 bits per heavy atom. The molecule has 0 fully saturated rings. The molecule has 2 aromatic heterocycles. The van der Waals surface area contributed by atoms with Crippen LogP contribution in [0.3, 0.4) is 0 Å². The lowest BCUT2D eigenvalue weighted by molar-refractivity contribution is -0.135. The normalized spacial score (nSPS) is 10.5. The standard InChI is InChI=1S/C16H14N4O4/c1-11(21)17-12-5-7-13(8-6-12)24-15(22)10-20-16(23)19-9-3-2-4-14(19)18-20/h2-9H,10H2,1H3,(H,17,21). The van der Waals surface area contributed by atoms with E-state index >= 15 is 0 Å². The Labute approximate surface area is 136 Å². The monoisotopic (exact) mass is 326 g/mol. The molecule has 0 aliphatic carbocycles. The lowest BCUT2D eigenvalue weighted by atomic mass is 10.3. The summed E-state index contributed by atoms with van der Waals surface area (Å²) in [5.41, 5.74) is 0.636. The topological polar surface area (TPSA) is 94.7 Å². The van der Waals surface area contributed by atoms with Crippen LogP contribution in [0.4, 0.5) is 5.69 Å². The minimum atomic E-state index is -0.618. The predicted octanol–water partition coefficient (Wildman–Crippen LogP) is 1.06. The van der Waals surface area contributed by atoms with Gasteiger partial charge in [0, 0.05) is 18.8 Å². The zero-order chi connectivity index (χ0) is 17.1. The number of benzene rings is 1. The van der Waals surface area contributed by atoms with Gasteiger partial charge in [0.05, 0.1) is 0 Å². The van der Waals surface area contributed by atoms with Crippen molar-refractivity contribution in [1.82, 2.24) is 14.2 Å². The molecular formula is C16H14N4O4. The van der Waals surface area contributed by atoms with Crippen molar-refractivity contribution in [1.29, 1.82) is 0 Å². The van der Waals surface area contributed by atoms with Crippen molar-refractivity contribution in [2.75, 3.05) is 5.32 Å². The molecule has 0 radical (unpaired) electrons. The van der Waals surface area contributed by atoms with Crippen molar-refractivity contribution in [2.24, 2.45) is 0 Å². The van der Waals surface area contributed by atoms with E-state index in [0.717, 1.165) is 4.68 Å². The van der Waals surface area contributed by atoms with E-state index < -0.39 is 11.7 Å². The summed E-state index contributed by atoms with van der Waals surface area (Å²) in [6.07, 6.45) is 1.58. The summed E-state index contributed by atoms with van der Waals surface area (Å²) in [4.78, 5) is 35.0. The molecule has 8 nitrogen and oxygen atoms in total. The highest BCUT2D eigenvalue weighted by Gasteiger charge is 2.12. The number of nitrogens with zero attached hydrogens (tertiary/aromatic N) is 3. The zero-order valence-corrected chi connectivity index (χ0v) is 12.8. The number of aromatic nitrogens is 3. The molecular weight excluding hydrogens is 312 g/mol. The first kappa shape index (κ1) is 15.5. The van der Waals surface area contributed by atoms with E-state index in [1.807, 2.05) is 0 Å². The highest BCUT2D eigenvalue weighted by Crippen LogP contribution is 2.15. The largest absolute Gasteiger partial charge is 0.425 e. The molecule has 0 saturated heterocycles. The highest BCUT2D eigenvalue weighted by atomic mass is 16.5. The molecule has 0 spiro atoms. The van der Waals surface area contributed by atoms with Gasteiger partial charge in [0.2, 0.25) is 5.91 Å². The molecule has 1 aromatic carbocycles. The van der Waals surface area contributed by atoms with Crippen LogP contribution in [0, 0.1) is 0 Å². The van der Waals surface area contributed by atoms with Crippen LogP contribution in [0.1, 0.15) is 6.92 Å². The number of ether oxygens (including phenoxy) is 1. The van der Waals surface area contributed by atoms with Crippen molar-refractivity contribution >= 4 is 23.2 Å². The first-order valence-electron chi connectivity index (χ1n) is 7.15. The van der Waals surface area contributed by atoms with Crippen molar-refractivity contribution in [3.8, 4) is 5.75 Å². The minimum Gasteiger partial charge on any atom is -0.425 e. The Bertz CT molecular complexity index is 956. The summed E-state index contributed by atoms with van der Waals surface area (Å²) >= 11 is 0. The van der Waals surface area contributed by atoms with Crippen LogP contribution < -0.4 is 15.7 Å². The van der Waals surface area contributed by atoms with Gasteiger partial charge in [-0.3, -0.25) is 9.20 Å². The first-order valence-corrected chi connectivity index (χ1v) is 7.15. The van der Waals surface area contributed by atoms with Gasteiger partial charge in [-0.2, -0.15) is 0 Å². The van der Waals surface area contributed by atoms with E-state index in [9.17, 15) is 14.4 Å². The second kappa shape index (κ2) is 6.37. The number of fused-ring (bicyclic) bond motifs is 1. The summed E-state index contributed by atoms with van der Waals surface area (Å²) in [5.74, 6) is -0.496. The van der Waals surface area contributed by atoms with Gasteiger partial charge in [-0.15, -0.1) is 5.10 Å². The number of amides is 1. The number of pyridine rings is 1. The number of hydrogen-bond donors (Lipinski definition) is 1. The number of hydrogen-bond acceptors (Lipinski definition) is 5. The maximum Gasteiger partial charge on any atom is 0.350 e. The molecule has 0 atom stereocenters. The molecule has 1 amide bonds. The third kappa shape index (κ3) is 3.32. The Morgan fingerprint density at radius 3 is 2.58 bits per heavy atom. The fraction of sp³-hybridized carbons (Fsp3) is 0.125. The maximum atomic E-state index is 12.1. The summed E-state index contributed by atoms with van der Waals surface area (Å²) in [5, 5.41) is 6.67. The fourth-order valence-electron chi connectivity index (χ4n) is 2.17. The summed E-state index contributed by atoms with van der Waals surface area (Å²) in [7, 11) is 0. The van der Waals surface area contributed by atoms with Crippen LogP contribution in [0.25, 0.3) is 5.65 Å². The molecule has 8 heteroatoms. The van der Waals surface area contributed by atoms with E-state index in [-0.39, 0.29) is 12.5 Å². The molecule has 3 aromatic rings. The number of carbonyl (C=O) groups excluding carboxylic acids is 2. The Balaban J connectivity index is 1.69. The van der Waals surface area contributed by atoms with Crippen molar-refractivity contribution in [3.05, 3.63) is 59.1 Å². The number of anilines is 1. The van der Waals surface area contributed by atoms with Crippen molar-refractivity contribution in [3.63, 3.8) is 0 Å². The van der Waals surface area contributed by atoms with Gasteiger partial charge in [-0.1, -0.05) is 6.07 Å². The number of carbonyl (C=O) groups is 2. The van der Waals surface area contributed by atoms with Gasteiger partial charge in [-0.25, -0.2) is 14.3 Å². The van der Waals surface area contributed by atoms with Gasteiger partial charge in [-0.05, 0) is 36.4 Å². The Morgan fingerprint density at radius 1 is 1.17 bits per heavy atom. The third-order valence-corrected chi connectivity index (χ3v) is 3.17. The van der Waals surface area contributed by atoms with E-state index in [1.165, 1.54) is 11.3 Å². The van der Waals surface area contributed by atoms with Crippen LogP contribution in [-0.2, 0) is 16.1 Å². The molecule has 0 aliphatic heterocycles. The summed E-state index contributed by atoms with van der Waals surface area (Å²) in [6.45, 7) is 1.11. The van der Waals surface area contributed by atoms with Crippen LogP contribution in [0.5, 0.6) is 5.75 Å².